The molecule has 0 aliphatic carbocycles. The second-order valence-electron chi connectivity index (χ2n) is 6.86. The Morgan fingerprint density at radius 2 is 1.76 bits per heavy atom. The van der Waals surface area contributed by atoms with Crippen LogP contribution in [0.1, 0.15) is 11.1 Å². The third-order valence-corrected chi connectivity index (χ3v) is 6.51. The molecule has 0 aliphatic rings. The minimum absolute atomic E-state index is 0.00396. The lowest BCUT2D eigenvalue weighted by atomic mass is 10.2. The van der Waals surface area contributed by atoms with Crippen molar-refractivity contribution in [3.63, 3.8) is 0 Å². The maximum absolute atomic E-state index is 13.2. The summed E-state index contributed by atoms with van der Waals surface area (Å²) in [7, 11) is -4.02. The molecule has 0 fully saturated rings. The zero-order valence-corrected chi connectivity index (χ0v) is 18.7. The number of halogens is 1. The first kappa shape index (κ1) is 24.1. The Morgan fingerprint density at radius 1 is 1.06 bits per heavy atom. The fraction of sp³-hybridized carbons (Fsp3) is 0.0909. The van der Waals surface area contributed by atoms with E-state index in [2.05, 4.69) is 10.5 Å². The fourth-order valence-electron chi connectivity index (χ4n) is 2.86. The molecule has 0 heterocycles. The largest absolute Gasteiger partial charge is 0.272 e. The van der Waals surface area contributed by atoms with Gasteiger partial charge < -0.3 is 0 Å². The number of nitro benzene ring substituents is 1. The number of hydrogen-bond acceptors (Lipinski definition) is 6. The highest BCUT2D eigenvalue weighted by Crippen LogP contribution is 2.20. The summed E-state index contributed by atoms with van der Waals surface area (Å²) in [6.45, 7) is -0.528. The van der Waals surface area contributed by atoms with Crippen molar-refractivity contribution in [1.29, 1.82) is 0 Å². The van der Waals surface area contributed by atoms with Crippen molar-refractivity contribution >= 4 is 39.4 Å². The Kier molecular flexibility index (Phi) is 7.88. The molecule has 0 bridgehead atoms. The minimum Gasteiger partial charge on any atom is -0.272 e. The van der Waals surface area contributed by atoms with Gasteiger partial charge in [-0.3, -0.25) is 14.9 Å². The van der Waals surface area contributed by atoms with E-state index in [1.807, 2.05) is 0 Å². The molecule has 1 amide bonds. The smallest absolute Gasteiger partial charge is 0.270 e. The number of nitrogens with zero attached hydrogens (tertiary/aromatic N) is 3. The minimum atomic E-state index is -4.02. The number of carbonyl (C=O) groups excluding carboxylic acids is 1. The number of sulfonamides is 1. The maximum atomic E-state index is 13.2. The number of nitro groups is 1. The van der Waals surface area contributed by atoms with Crippen LogP contribution < -0.4 is 5.43 Å². The summed E-state index contributed by atoms with van der Waals surface area (Å²) in [5.41, 5.74) is 3.24. The van der Waals surface area contributed by atoms with Crippen LogP contribution in [0.25, 0.3) is 0 Å². The number of carbonyl (C=O) groups is 1. The van der Waals surface area contributed by atoms with Crippen molar-refractivity contribution in [3.05, 3.63) is 105 Å². The van der Waals surface area contributed by atoms with E-state index in [4.69, 9.17) is 11.6 Å². The number of non-ortho nitro benzene ring substituents is 1. The molecule has 0 saturated carbocycles. The van der Waals surface area contributed by atoms with E-state index in [0.717, 1.165) is 4.31 Å². The van der Waals surface area contributed by atoms with E-state index in [1.165, 1.54) is 48.7 Å². The van der Waals surface area contributed by atoms with Gasteiger partial charge in [0.25, 0.3) is 11.6 Å². The number of hydrazone groups is 1. The van der Waals surface area contributed by atoms with Crippen molar-refractivity contribution in [1.82, 2.24) is 9.73 Å². The SMILES string of the molecule is O=C(CN(Cc1ccccc1)S(=O)(=O)c1ccc(Cl)cc1)N/N=C\c1cccc([N+](=O)[O-])c1. The molecular weight excluding hydrogens is 468 g/mol. The van der Waals surface area contributed by atoms with Gasteiger partial charge in [0.05, 0.1) is 22.6 Å². The van der Waals surface area contributed by atoms with E-state index in [0.29, 0.717) is 16.1 Å². The van der Waals surface area contributed by atoms with Crippen LogP contribution in [0, 0.1) is 10.1 Å². The second kappa shape index (κ2) is 10.8. The van der Waals surface area contributed by atoms with Gasteiger partial charge in [-0.1, -0.05) is 54.1 Å². The fourth-order valence-corrected chi connectivity index (χ4v) is 4.37. The van der Waals surface area contributed by atoms with E-state index in [9.17, 15) is 23.3 Å². The highest BCUT2D eigenvalue weighted by Gasteiger charge is 2.27. The lowest BCUT2D eigenvalue weighted by molar-refractivity contribution is -0.384. The summed E-state index contributed by atoms with van der Waals surface area (Å²) in [4.78, 5) is 22.8. The van der Waals surface area contributed by atoms with E-state index in [1.54, 1.807) is 36.4 Å². The molecule has 33 heavy (non-hydrogen) atoms. The van der Waals surface area contributed by atoms with Crippen molar-refractivity contribution in [2.75, 3.05) is 6.54 Å². The monoisotopic (exact) mass is 486 g/mol. The highest BCUT2D eigenvalue weighted by atomic mass is 35.5. The molecule has 3 aromatic rings. The van der Waals surface area contributed by atoms with Gasteiger partial charge in [-0.05, 0) is 29.8 Å². The summed E-state index contributed by atoms with van der Waals surface area (Å²) in [5.74, 6) is -0.676. The van der Waals surface area contributed by atoms with Crippen LogP contribution in [0.4, 0.5) is 5.69 Å². The topological polar surface area (TPSA) is 122 Å². The molecule has 0 saturated heterocycles. The number of benzene rings is 3. The van der Waals surface area contributed by atoms with Gasteiger partial charge in [0.1, 0.15) is 0 Å². The molecule has 3 rings (SSSR count). The Labute approximate surface area is 195 Å². The molecular formula is C22H19ClN4O5S. The molecule has 1 N–H and O–H groups in total. The summed E-state index contributed by atoms with van der Waals surface area (Å²) < 4.78 is 27.4. The van der Waals surface area contributed by atoms with Gasteiger partial charge in [-0.2, -0.15) is 9.41 Å². The summed E-state index contributed by atoms with van der Waals surface area (Å²) in [5, 5.41) is 15.0. The van der Waals surface area contributed by atoms with Gasteiger partial charge in [0.2, 0.25) is 10.0 Å². The molecule has 9 nitrogen and oxygen atoms in total. The Morgan fingerprint density at radius 3 is 2.42 bits per heavy atom. The zero-order valence-electron chi connectivity index (χ0n) is 17.2. The molecule has 0 atom stereocenters. The van der Waals surface area contributed by atoms with Crippen molar-refractivity contribution in [2.45, 2.75) is 11.4 Å². The summed E-state index contributed by atoms with van der Waals surface area (Å²) in [6.07, 6.45) is 1.24. The van der Waals surface area contributed by atoms with E-state index < -0.39 is 27.4 Å². The molecule has 11 heteroatoms. The molecule has 0 spiro atoms. The van der Waals surface area contributed by atoms with Crippen LogP contribution in [0.5, 0.6) is 0 Å². The standard InChI is InChI=1S/C22H19ClN4O5S/c23-19-9-11-21(12-10-19)33(31,32)26(15-17-5-2-1-3-6-17)16-22(28)25-24-14-18-7-4-8-20(13-18)27(29)30/h1-14H,15-16H2,(H,25,28)/b24-14-. The molecule has 0 aliphatic heterocycles. The Bertz CT molecular complexity index is 1270. The van der Waals surface area contributed by atoms with Crippen LogP contribution in [-0.4, -0.2) is 36.3 Å². The first-order chi connectivity index (χ1) is 15.8. The Balaban J connectivity index is 1.76. The van der Waals surface area contributed by atoms with Crippen LogP contribution in [-0.2, 0) is 21.4 Å². The first-order valence-corrected chi connectivity index (χ1v) is 11.4. The normalized spacial score (nSPS) is 11.6. The molecule has 170 valence electrons. The van der Waals surface area contributed by atoms with Gasteiger partial charge in [0.15, 0.2) is 0 Å². The molecule has 0 unspecified atom stereocenters. The van der Waals surface area contributed by atoms with Gasteiger partial charge >= 0.3 is 0 Å². The highest BCUT2D eigenvalue weighted by molar-refractivity contribution is 7.89. The number of rotatable bonds is 9. The lowest BCUT2D eigenvalue weighted by Gasteiger charge is -2.21. The predicted molar refractivity (Wildman–Crippen MR) is 124 cm³/mol. The van der Waals surface area contributed by atoms with Gasteiger partial charge in [-0.15, -0.1) is 0 Å². The Hall–Kier alpha value is -3.60. The third kappa shape index (κ3) is 6.69. The zero-order chi connectivity index (χ0) is 23.8. The quantitative estimate of drug-likeness (QED) is 0.281. The average molecular weight is 487 g/mol. The van der Waals surface area contributed by atoms with Gasteiger partial charge in [0, 0.05) is 29.3 Å². The third-order valence-electron chi connectivity index (χ3n) is 4.46. The van der Waals surface area contributed by atoms with E-state index >= 15 is 0 Å². The van der Waals surface area contributed by atoms with E-state index in [-0.39, 0.29) is 17.1 Å². The van der Waals surface area contributed by atoms with Crippen LogP contribution >= 0.6 is 11.6 Å². The van der Waals surface area contributed by atoms with Gasteiger partial charge in [-0.25, -0.2) is 13.8 Å². The summed E-state index contributed by atoms with van der Waals surface area (Å²) in [6, 6.07) is 20.2. The van der Waals surface area contributed by atoms with Crippen molar-refractivity contribution < 1.29 is 18.1 Å². The first-order valence-electron chi connectivity index (χ1n) is 9.62. The lowest BCUT2D eigenvalue weighted by Crippen LogP contribution is -2.39. The number of amides is 1. The predicted octanol–water partition coefficient (Wildman–Crippen LogP) is 3.59. The van der Waals surface area contributed by atoms with Crippen molar-refractivity contribution in [3.8, 4) is 0 Å². The van der Waals surface area contributed by atoms with Crippen LogP contribution in [0.2, 0.25) is 5.02 Å². The molecule has 3 aromatic carbocycles. The summed E-state index contributed by atoms with van der Waals surface area (Å²) >= 11 is 5.86. The van der Waals surface area contributed by atoms with Crippen molar-refractivity contribution in [2.24, 2.45) is 5.10 Å². The number of hydrogen-bond donors (Lipinski definition) is 1. The molecule has 0 radical (unpaired) electrons. The van der Waals surface area contributed by atoms with Crippen LogP contribution in [0.3, 0.4) is 0 Å². The van der Waals surface area contributed by atoms with Crippen LogP contribution in [0.15, 0.2) is 88.9 Å². The number of nitrogens with one attached hydrogen (secondary N) is 1. The maximum Gasteiger partial charge on any atom is 0.270 e. The molecule has 0 aromatic heterocycles. The average Bonchev–Trinajstić information content (AvgIpc) is 2.80. The second-order valence-corrected chi connectivity index (χ2v) is 9.23.